The summed E-state index contributed by atoms with van der Waals surface area (Å²) in [6.07, 6.45) is -2.88. The third kappa shape index (κ3) is 14.3. The van der Waals surface area contributed by atoms with E-state index < -0.39 is 62.4 Å². The van der Waals surface area contributed by atoms with Gasteiger partial charge in [0.25, 0.3) is 0 Å². The van der Waals surface area contributed by atoms with Crippen LogP contribution in [0, 0.1) is 11.8 Å². The van der Waals surface area contributed by atoms with Gasteiger partial charge in [0.05, 0.1) is 59.5 Å². The van der Waals surface area contributed by atoms with Gasteiger partial charge in [0.15, 0.2) is 6.23 Å². The Hall–Kier alpha value is -2.33. The number of aliphatic imine (C=N–C) groups is 1. The number of nitrogens with zero attached hydrogens (tertiary/aromatic N) is 3. The molecule has 6 atom stereocenters. The predicted molar refractivity (Wildman–Crippen MR) is 193 cm³/mol. The zero-order valence-corrected chi connectivity index (χ0v) is 32.8. The molecule has 54 heavy (non-hydrogen) atoms. The molecule has 2 saturated heterocycles. The van der Waals surface area contributed by atoms with E-state index in [9.17, 15) is 34.4 Å². The molecule has 0 bridgehead atoms. The Balaban J connectivity index is 1.13. The van der Waals surface area contributed by atoms with Crippen molar-refractivity contribution >= 4 is 31.9 Å². The molecule has 0 spiro atoms. The minimum absolute atomic E-state index is 0.0273. The number of piperidine rings is 1. The SMILES string of the molecule is CC1(C)CC(C(=O)NCCOCCOCCOCCOCCC(=O)NCCCC2CN([C@@H]3O[C@H](CO)C(O[PH](=O)O)[C@@H]3O)C(=O)N=C2N)CC(C)(C)N1O. The number of ether oxygens (including phenoxy) is 5. The summed E-state index contributed by atoms with van der Waals surface area (Å²) in [7, 11) is -3.44. The van der Waals surface area contributed by atoms with Gasteiger partial charge in [0.2, 0.25) is 11.8 Å². The summed E-state index contributed by atoms with van der Waals surface area (Å²) in [6, 6.07) is -0.753. The number of urea groups is 1. The van der Waals surface area contributed by atoms with Gasteiger partial charge in [-0.3, -0.25) is 19.1 Å². The summed E-state index contributed by atoms with van der Waals surface area (Å²) in [5, 5.41) is 37.6. The molecule has 8 N–H and O–H groups in total. The number of carbonyl (C=O) groups excluding carboxylic acids is 3. The van der Waals surface area contributed by atoms with Crippen molar-refractivity contribution in [2.24, 2.45) is 22.6 Å². The fourth-order valence-electron chi connectivity index (χ4n) is 6.95. The minimum Gasteiger partial charge on any atom is -0.394 e. The van der Waals surface area contributed by atoms with Crippen LogP contribution in [0.2, 0.25) is 0 Å². The summed E-state index contributed by atoms with van der Waals surface area (Å²) in [5.74, 6) is -0.680. The van der Waals surface area contributed by atoms with E-state index in [0.29, 0.717) is 85.0 Å². The number of hydroxylamine groups is 2. The average molecular weight is 797 g/mol. The molecule has 0 aromatic heterocycles. The van der Waals surface area contributed by atoms with E-state index in [1.807, 2.05) is 27.7 Å². The zero-order valence-electron chi connectivity index (χ0n) is 31.8. The van der Waals surface area contributed by atoms with Crippen LogP contribution in [0.25, 0.3) is 0 Å². The van der Waals surface area contributed by atoms with Crippen molar-refractivity contribution in [1.82, 2.24) is 20.6 Å². The van der Waals surface area contributed by atoms with Crippen molar-refractivity contribution in [1.29, 1.82) is 0 Å². The molecule has 21 heteroatoms. The van der Waals surface area contributed by atoms with Crippen molar-refractivity contribution in [2.45, 2.75) is 95.4 Å². The number of nitrogens with one attached hydrogen (secondary N) is 2. The summed E-state index contributed by atoms with van der Waals surface area (Å²) in [6.45, 7) is 10.7. The van der Waals surface area contributed by atoms with Crippen LogP contribution in [-0.2, 0) is 42.4 Å². The predicted octanol–water partition coefficient (Wildman–Crippen LogP) is -0.632. The molecule has 3 aliphatic heterocycles. The van der Waals surface area contributed by atoms with E-state index in [1.165, 1.54) is 5.06 Å². The van der Waals surface area contributed by atoms with Crippen LogP contribution in [0.4, 0.5) is 4.79 Å². The molecule has 3 rings (SSSR count). The second-order valence-corrected chi connectivity index (χ2v) is 15.5. The number of amides is 4. The summed E-state index contributed by atoms with van der Waals surface area (Å²) >= 11 is 0. The number of aliphatic hydroxyl groups is 2. The lowest BCUT2D eigenvalue weighted by atomic mass is 9.75. The van der Waals surface area contributed by atoms with Crippen molar-refractivity contribution in [2.75, 3.05) is 79.1 Å². The van der Waals surface area contributed by atoms with Crippen LogP contribution in [0.5, 0.6) is 0 Å². The highest BCUT2D eigenvalue weighted by Gasteiger charge is 2.50. The Labute approximate surface area is 316 Å². The Morgan fingerprint density at radius 2 is 1.54 bits per heavy atom. The van der Waals surface area contributed by atoms with Gasteiger partial charge < -0.3 is 64.9 Å². The first-order valence-electron chi connectivity index (χ1n) is 18.4. The van der Waals surface area contributed by atoms with Crippen LogP contribution in [-0.4, -0.2) is 169 Å². The molecule has 3 heterocycles. The molecular weight excluding hydrogens is 735 g/mol. The fourth-order valence-corrected chi connectivity index (χ4v) is 7.47. The van der Waals surface area contributed by atoms with Gasteiger partial charge in [0, 0.05) is 49.0 Å². The lowest BCUT2D eigenvalue weighted by Crippen LogP contribution is -2.60. The second kappa shape index (κ2) is 22.4. The molecule has 2 fully saturated rings. The van der Waals surface area contributed by atoms with Gasteiger partial charge in [0.1, 0.15) is 24.1 Å². The van der Waals surface area contributed by atoms with E-state index in [4.69, 9.17) is 38.8 Å². The first kappa shape index (κ1) is 46.1. The second-order valence-electron chi connectivity index (χ2n) is 14.8. The number of nitrogens with two attached hydrogens (primary N) is 1. The van der Waals surface area contributed by atoms with Gasteiger partial charge in [-0.25, -0.2) is 4.79 Å². The number of carbonyl (C=O) groups is 3. The molecule has 20 nitrogen and oxygen atoms in total. The van der Waals surface area contributed by atoms with Crippen LogP contribution in [0.3, 0.4) is 0 Å². The van der Waals surface area contributed by atoms with Crippen molar-refractivity contribution in [3.05, 3.63) is 0 Å². The Bertz CT molecular complexity index is 1240. The Kier molecular flexibility index (Phi) is 19.1. The van der Waals surface area contributed by atoms with E-state index in [0.717, 1.165) is 4.90 Å². The number of aliphatic hydroxyl groups excluding tert-OH is 2. The first-order valence-corrected chi connectivity index (χ1v) is 19.7. The minimum atomic E-state index is -3.44. The highest BCUT2D eigenvalue weighted by molar-refractivity contribution is 7.32. The fraction of sp³-hybridized carbons (Fsp3) is 0.879. The lowest BCUT2D eigenvalue weighted by Gasteiger charge is -2.51. The molecule has 4 amide bonds. The number of hydrogen-bond donors (Lipinski definition) is 7. The zero-order chi connectivity index (χ0) is 39.9. The van der Waals surface area contributed by atoms with Gasteiger partial charge in [-0.05, 0) is 53.4 Å². The van der Waals surface area contributed by atoms with E-state index >= 15 is 0 Å². The maximum atomic E-state index is 12.6. The number of amidine groups is 1. The van der Waals surface area contributed by atoms with E-state index in [1.54, 1.807) is 0 Å². The molecule has 3 aliphatic rings. The van der Waals surface area contributed by atoms with Crippen LogP contribution < -0.4 is 16.4 Å². The molecule has 0 radical (unpaired) electrons. The smallest absolute Gasteiger partial charge is 0.347 e. The summed E-state index contributed by atoms with van der Waals surface area (Å²) in [5.41, 5.74) is 5.01. The monoisotopic (exact) mass is 796 g/mol. The van der Waals surface area contributed by atoms with Crippen molar-refractivity contribution in [3.63, 3.8) is 0 Å². The average Bonchev–Trinajstić information content (AvgIpc) is 3.41. The molecular formula is C33H61N6O14P. The van der Waals surface area contributed by atoms with Gasteiger partial charge in [-0.1, -0.05) is 0 Å². The normalized spacial score (nSPS) is 26.4. The Morgan fingerprint density at radius 3 is 2.11 bits per heavy atom. The largest absolute Gasteiger partial charge is 0.394 e. The quantitative estimate of drug-likeness (QED) is 0.0473. The molecule has 0 aliphatic carbocycles. The maximum absolute atomic E-state index is 12.6. The van der Waals surface area contributed by atoms with E-state index in [-0.39, 0.29) is 43.1 Å². The Morgan fingerprint density at radius 1 is 0.963 bits per heavy atom. The van der Waals surface area contributed by atoms with E-state index in [2.05, 4.69) is 15.6 Å². The van der Waals surface area contributed by atoms with Crippen LogP contribution in [0.1, 0.15) is 59.8 Å². The van der Waals surface area contributed by atoms with Gasteiger partial charge >= 0.3 is 14.3 Å². The number of rotatable bonds is 24. The maximum Gasteiger partial charge on any atom is 0.347 e. The molecule has 0 aromatic rings. The number of hydrogen-bond acceptors (Lipinski definition) is 15. The van der Waals surface area contributed by atoms with Crippen LogP contribution in [0.15, 0.2) is 4.99 Å². The topological polar surface area (TPSA) is 274 Å². The molecule has 0 saturated carbocycles. The third-order valence-corrected chi connectivity index (χ3v) is 10.0. The molecule has 312 valence electrons. The standard InChI is InChI=1S/C33H61N6O14P/c1-32(2)18-23(19-33(3,4)39(32)45)29(43)36-9-11-49-13-15-51-17-16-50-14-12-48-10-7-25(41)35-8-5-6-22-20-38(31(44)37-28(22)34)30-26(42)27(53-54(46)47)24(21-40)52-30/h22-24,26-27,30,40,42,45,54H,5-21H2,1-4H3,(H,35,41)(H,36,43)(H,46,47)(H2,34,37,44)/t22?,24-,26+,27?,30-/m1/s1. The third-order valence-electron chi connectivity index (χ3n) is 9.54. The molecule has 0 aromatic carbocycles. The van der Waals surface area contributed by atoms with Crippen molar-refractivity contribution < 1.29 is 67.5 Å². The highest BCUT2D eigenvalue weighted by atomic mass is 31.1. The van der Waals surface area contributed by atoms with Crippen molar-refractivity contribution in [3.8, 4) is 0 Å². The summed E-state index contributed by atoms with van der Waals surface area (Å²) in [4.78, 5) is 51.5. The molecule has 3 unspecified atom stereocenters. The first-order chi connectivity index (χ1) is 25.6. The summed E-state index contributed by atoms with van der Waals surface area (Å²) < 4.78 is 43.5. The van der Waals surface area contributed by atoms with Gasteiger partial charge in [-0.2, -0.15) is 10.1 Å². The van der Waals surface area contributed by atoms with Crippen LogP contribution >= 0.6 is 8.25 Å². The van der Waals surface area contributed by atoms with Gasteiger partial charge in [-0.15, -0.1) is 0 Å². The lowest BCUT2D eigenvalue weighted by molar-refractivity contribution is -0.249. The highest BCUT2D eigenvalue weighted by Crippen LogP contribution is 2.40.